The van der Waals surface area contributed by atoms with Crippen LogP contribution in [0.4, 0.5) is 0 Å². The Labute approximate surface area is 82.5 Å². The Morgan fingerprint density at radius 2 is 2.31 bits per heavy atom. The zero-order chi connectivity index (χ0) is 9.52. The lowest BCUT2D eigenvalue weighted by Gasteiger charge is -2.13. The minimum absolute atomic E-state index is 0.924. The summed E-state index contributed by atoms with van der Waals surface area (Å²) in [5, 5.41) is 0. The van der Waals surface area contributed by atoms with Crippen LogP contribution in [0, 0.1) is 17.8 Å². The van der Waals surface area contributed by atoms with E-state index in [0.717, 1.165) is 12.3 Å². The van der Waals surface area contributed by atoms with Crippen LogP contribution in [0.25, 0.3) is 0 Å². The molecule has 1 saturated heterocycles. The lowest BCUT2D eigenvalue weighted by Crippen LogP contribution is -2.21. The van der Waals surface area contributed by atoms with Crippen molar-refractivity contribution in [3.8, 4) is 11.8 Å². The van der Waals surface area contributed by atoms with Gasteiger partial charge in [0, 0.05) is 13.0 Å². The van der Waals surface area contributed by atoms with Gasteiger partial charge in [-0.3, -0.25) is 0 Å². The quantitative estimate of drug-likeness (QED) is 0.599. The summed E-state index contributed by atoms with van der Waals surface area (Å²) in [4.78, 5) is 2.59. The lowest BCUT2D eigenvalue weighted by atomic mass is 10.0. The largest absolute Gasteiger partial charge is 0.303 e. The molecular weight excluding hydrogens is 158 g/mol. The van der Waals surface area contributed by atoms with E-state index in [1.165, 1.54) is 38.9 Å². The predicted octanol–water partition coefficient (Wildman–Crippen LogP) is 2.52. The minimum atomic E-state index is 0.924. The van der Waals surface area contributed by atoms with E-state index in [9.17, 15) is 0 Å². The molecule has 74 valence electrons. The Bertz CT molecular complexity index is 187. The fourth-order valence-corrected chi connectivity index (χ4v) is 2.07. The molecule has 0 aliphatic carbocycles. The molecule has 0 aromatic carbocycles. The number of likely N-dealkylation sites (tertiary alicyclic amines) is 1. The molecular formula is C12H21N. The third kappa shape index (κ3) is 3.83. The van der Waals surface area contributed by atoms with Gasteiger partial charge in [-0.2, -0.15) is 0 Å². The fraction of sp³-hybridized carbons (Fsp3) is 0.833. The molecule has 0 amide bonds. The van der Waals surface area contributed by atoms with Gasteiger partial charge in [0.25, 0.3) is 0 Å². The fourth-order valence-electron chi connectivity index (χ4n) is 2.07. The van der Waals surface area contributed by atoms with Crippen molar-refractivity contribution in [2.45, 2.75) is 39.5 Å². The first-order valence-corrected chi connectivity index (χ1v) is 5.48. The molecule has 0 radical (unpaired) electrons. The maximum atomic E-state index is 3.15. The van der Waals surface area contributed by atoms with E-state index < -0.39 is 0 Å². The number of hydrogen-bond donors (Lipinski definition) is 0. The highest BCUT2D eigenvalue weighted by atomic mass is 15.1. The summed E-state index contributed by atoms with van der Waals surface area (Å²) in [5.74, 6) is 7.04. The molecule has 1 heterocycles. The third-order valence-corrected chi connectivity index (χ3v) is 2.76. The number of rotatable bonds is 4. The first-order valence-electron chi connectivity index (χ1n) is 5.48. The van der Waals surface area contributed by atoms with E-state index in [0.29, 0.717) is 0 Å². The van der Waals surface area contributed by atoms with Crippen molar-refractivity contribution in [3.05, 3.63) is 0 Å². The van der Waals surface area contributed by atoms with E-state index in [2.05, 4.69) is 23.7 Å². The van der Waals surface area contributed by atoms with Crippen molar-refractivity contribution in [1.82, 2.24) is 4.90 Å². The van der Waals surface area contributed by atoms with Crippen molar-refractivity contribution < 1.29 is 0 Å². The zero-order valence-corrected chi connectivity index (χ0v) is 8.97. The second kappa shape index (κ2) is 6.05. The maximum absolute atomic E-state index is 3.15. The Hall–Kier alpha value is -0.480. The van der Waals surface area contributed by atoms with Crippen LogP contribution in [0.1, 0.15) is 39.5 Å². The van der Waals surface area contributed by atoms with Gasteiger partial charge in [0.05, 0.1) is 0 Å². The van der Waals surface area contributed by atoms with Crippen LogP contribution in [-0.4, -0.2) is 24.5 Å². The summed E-state index contributed by atoms with van der Waals surface area (Å²) in [6.07, 6.45) is 5.09. The van der Waals surface area contributed by atoms with Crippen molar-refractivity contribution in [3.63, 3.8) is 0 Å². The molecule has 1 nitrogen and oxygen atoms in total. The third-order valence-electron chi connectivity index (χ3n) is 2.76. The lowest BCUT2D eigenvalue weighted by molar-refractivity contribution is 0.322. The maximum Gasteiger partial charge on any atom is 0.00917 e. The first kappa shape index (κ1) is 10.6. The van der Waals surface area contributed by atoms with Gasteiger partial charge in [0.1, 0.15) is 0 Å². The van der Waals surface area contributed by atoms with Crippen molar-refractivity contribution >= 4 is 0 Å². The summed E-state index contributed by atoms with van der Waals surface area (Å²) in [6.45, 7) is 8.11. The molecule has 0 bridgehead atoms. The molecule has 1 atom stereocenters. The molecule has 1 heteroatoms. The van der Waals surface area contributed by atoms with E-state index in [1.807, 2.05) is 6.92 Å². The number of hydrogen-bond acceptors (Lipinski definition) is 1. The second-order valence-electron chi connectivity index (χ2n) is 3.92. The van der Waals surface area contributed by atoms with Crippen LogP contribution in [0.3, 0.4) is 0 Å². The molecule has 0 saturated carbocycles. The highest BCUT2D eigenvalue weighted by Crippen LogP contribution is 2.20. The molecule has 0 N–H and O–H groups in total. The van der Waals surface area contributed by atoms with E-state index in [-0.39, 0.29) is 0 Å². The number of nitrogens with zero attached hydrogens (tertiary/aromatic N) is 1. The van der Waals surface area contributed by atoms with Crippen LogP contribution in [0.2, 0.25) is 0 Å². The van der Waals surface area contributed by atoms with Gasteiger partial charge >= 0.3 is 0 Å². The Balaban J connectivity index is 2.12. The van der Waals surface area contributed by atoms with Crippen molar-refractivity contribution in [2.75, 3.05) is 19.6 Å². The molecule has 1 aliphatic rings. The normalized spacial score (nSPS) is 22.8. The average molecular weight is 179 g/mol. The Kier molecular flexibility index (Phi) is 4.93. The van der Waals surface area contributed by atoms with Gasteiger partial charge in [0.15, 0.2) is 0 Å². The van der Waals surface area contributed by atoms with Gasteiger partial charge in [-0.25, -0.2) is 0 Å². The predicted molar refractivity (Wildman–Crippen MR) is 57.5 cm³/mol. The summed E-state index contributed by atoms with van der Waals surface area (Å²) in [6, 6.07) is 0. The standard InChI is InChI=1S/C12H21N/c1-3-5-6-7-12-8-10-13(11-12)9-4-2/h12H,4,6-11H2,1-2H3. The summed E-state index contributed by atoms with van der Waals surface area (Å²) in [7, 11) is 0. The molecule has 0 spiro atoms. The molecule has 1 fully saturated rings. The van der Waals surface area contributed by atoms with Crippen LogP contribution < -0.4 is 0 Å². The highest BCUT2D eigenvalue weighted by Gasteiger charge is 2.20. The molecule has 13 heavy (non-hydrogen) atoms. The Morgan fingerprint density at radius 3 is 3.00 bits per heavy atom. The van der Waals surface area contributed by atoms with Crippen molar-refractivity contribution in [2.24, 2.45) is 5.92 Å². The van der Waals surface area contributed by atoms with E-state index in [1.54, 1.807) is 0 Å². The van der Waals surface area contributed by atoms with Gasteiger partial charge in [0.2, 0.25) is 0 Å². The van der Waals surface area contributed by atoms with Gasteiger partial charge in [-0.1, -0.05) is 6.92 Å². The van der Waals surface area contributed by atoms with E-state index in [4.69, 9.17) is 0 Å². The zero-order valence-electron chi connectivity index (χ0n) is 8.97. The van der Waals surface area contributed by atoms with Gasteiger partial charge in [-0.05, 0) is 45.2 Å². The van der Waals surface area contributed by atoms with Gasteiger partial charge in [-0.15, -0.1) is 11.8 Å². The van der Waals surface area contributed by atoms with Gasteiger partial charge < -0.3 is 4.90 Å². The van der Waals surface area contributed by atoms with Crippen molar-refractivity contribution in [1.29, 1.82) is 0 Å². The first-order chi connectivity index (χ1) is 6.36. The summed E-state index contributed by atoms with van der Waals surface area (Å²) < 4.78 is 0. The van der Waals surface area contributed by atoms with Crippen LogP contribution in [0.15, 0.2) is 0 Å². The van der Waals surface area contributed by atoms with Crippen LogP contribution >= 0.6 is 0 Å². The Morgan fingerprint density at radius 1 is 1.46 bits per heavy atom. The summed E-state index contributed by atoms with van der Waals surface area (Å²) in [5.41, 5.74) is 0. The SMILES string of the molecule is CC#CCCC1CCN(CCC)C1. The van der Waals surface area contributed by atoms with E-state index >= 15 is 0 Å². The molecule has 0 aromatic heterocycles. The topological polar surface area (TPSA) is 3.24 Å². The smallest absolute Gasteiger partial charge is 0.00917 e. The second-order valence-corrected chi connectivity index (χ2v) is 3.92. The average Bonchev–Trinajstić information content (AvgIpc) is 2.54. The van der Waals surface area contributed by atoms with Crippen LogP contribution in [-0.2, 0) is 0 Å². The molecule has 1 aliphatic heterocycles. The highest BCUT2D eigenvalue weighted by molar-refractivity contribution is 4.95. The summed E-state index contributed by atoms with van der Waals surface area (Å²) >= 11 is 0. The minimum Gasteiger partial charge on any atom is -0.303 e. The molecule has 1 rings (SSSR count). The molecule has 0 aromatic rings. The van der Waals surface area contributed by atoms with Crippen LogP contribution in [0.5, 0.6) is 0 Å². The molecule has 1 unspecified atom stereocenters. The monoisotopic (exact) mass is 179 g/mol.